The van der Waals surface area contributed by atoms with E-state index in [9.17, 15) is 18.0 Å². The molecule has 0 radical (unpaired) electrons. The van der Waals surface area contributed by atoms with Gasteiger partial charge < -0.3 is 15.2 Å². The van der Waals surface area contributed by atoms with Gasteiger partial charge in [-0.25, -0.2) is 14.5 Å². The molecule has 0 aliphatic rings. The molecule has 3 rings (SSSR count). The molecule has 1 amide bonds. The normalized spacial score (nSPS) is 11.5. The molecule has 0 saturated heterocycles. The third kappa shape index (κ3) is 3.80. The summed E-state index contributed by atoms with van der Waals surface area (Å²) >= 11 is 6.16. The second-order valence-corrected chi connectivity index (χ2v) is 5.46. The van der Waals surface area contributed by atoms with Crippen molar-refractivity contribution in [1.82, 2.24) is 20.1 Å². The minimum Gasteiger partial charge on any atom is -0.465 e. The van der Waals surface area contributed by atoms with Crippen LogP contribution in [0.2, 0.25) is 5.02 Å². The van der Waals surface area contributed by atoms with E-state index < -0.39 is 12.5 Å². The van der Waals surface area contributed by atoms with Crippen LogP contribution in [0, 0.1) is 0 Å². The van der Waals surface area contributed by atoms with Crippen LogP contribution >= 0.6 is 11.6 Å². The van der Waals surface area contributed by atoms with Crippen molar-refractivity contribution in [2.24, 2.45) is 0 Å². The molecule has 136 valence electrons. The first-order valence-electron chi connectivity index (χ1n) is 7.10. The third-order valence-electron chi connectivity index (χ3n) is 3.31. The first-order chi connectivity index (χ1) is 12.2. The van der Waals surface area contributed by atoms with Gasteiger partial charge in [-0.3, -0.25) is 0 Å². The van der Waals surface area contributed by atoms with E-state index in [4.69, 9.17) is 16.7 Å². The summed E-state index contributed by atoms with van der Waals surface area (Å²) in [6.07, 6.45) is -4.58. The van der Waals surface area contributed by atoms with Crippen molar-refractivity contribution in [1.29, 1.82) is 0 Å². The number of halogens is 4. The van der Waals surface area contributed by atoms with E-state index >= 15 is 0 Å². The van der Waals surface area contributed by atoms with Gasteiger partial charge in [0.1, 0.15) is 5.75 Å². The molecule has 0 spiro atoms. The molecular weight excluding hydrogens is 377 g/mol. The van der Waals surface area contributed by atoms with Crippen LogP contribution in [0.3, 0.4) is 0 Å². The number of ether oxygens (including phenoxy) is 1. The first-order valence-corrected chi connectivity index (χ1v) is 7.47. The fourth-order valence-electron chi connectivity index (χ4n) is 2.33. The topological polar surface area (TPSA) is 89.3 Å². The average Bonchev–Trinajstić information content (AvgIpc) is 2.92. The van der Waals surface area contributed by atoms with Gasteiger partial charge in [-0.15, -0.1) is 13.2 Å². The number of hydrogen-bond acceptors (Lipinski definition) is 4. The standard InChI is InChI=1S/C15H10ClF3N4O3/c16-10-5-6-20-13-12(10)11(7-21-14(24)25)22-23(13)8-1-3-9(4-2-8)26-15(17,18)19/h1-6,21H,7H2,(H,24,25). The van der Waals surface area contributed by atoms with Crippen LogP contribution in [0.4, 0.5) is 18.0 Å². The zero-order valence-corrected chi connectivity index (χ0v) is 13.5. The number of alkyl halides is 3. The third-order valence-corrected chi connectivity index (χ3v) is 3.63. The Balaban J connectivity index is 2.02. The molecule has 0 aliphatic heterocycles. The number of nitrogens with zero attached hydrogens (tertiary/aromatic N) is 3. The molecule has 0 fully saturated rings. The summed E-state index contributed by atoms with van der Waals surface area (Å²) in [5.41, 5.74) is 1.07. The lowest BCUT2D eigenvalue weighted by atomic mass is 10.2. The van der Waals surface area contributed by atoms with Crippen LogP contribution in [-0.4, -0.2) is 32.3 Å². The van der Waals surface area contributed by atoms with Crippen LogP contribution < -0.4 is 10.1 Å². The molecule has 7 nitrogen and oxygen atoms in total. The summed E-state index contributed by atoms with van der Waals surface area (Å²) in [7, 11) is 0. The molecule has 11 heteroatoms. The van der Waals surface area contributed by atoms with Crippen LogP contribution in [0.15, 0.2) is 36.5 Å². The quantitative estimate of drug-likeness (QED) is 0.713. The van der Waals surface area contributed by atoms with E-state index in [-0.39, 0.29) is 12.3 Å². The molecule has 3 aromatic rings. The molecule has 0 unspecified atom stereocenters. The largest absolute Gasteiger partial charge is 0.573 e. The Kier molecular flexibility index (Phi) is 4.60. The number of nitrogens with one attached hydrogen (secondary N) is 1. The predicted octanol–water partition coefficient (Wildman–Crippen LogP) is 3.74. The smallest absolute Gasteiger partial charge is 0.465 e. The van der Waals surface area contributed by atoms with E-state index in [1.54, 1.807) is 0 Å². The number of hydrogen-bond donors (Lipinski definition) is 2. The monoisotopic (exact) mass is 386 g/mol. The van der Waals surface area contributed by atoms with Gasteiger partial charge in [-0.2, -0.15) is 5.10 Å². The van der Waals surface area contributed by atoms with E-state index in [2.05, 4.69) is 20.1 Å². The maximum atomic E-state index is 12.3. The summed E-state index contributed by atoms with van der Waals surface area (Å²) in [6.45, 7) is -0.112. The highest BCUT2D eigenvalue weighted by Crippen LogP contribution is 2.28. The van der Waals surface area contributed by atoms with Gasteiger partial charge in [0.2, 0.25) is 0 Å². The Bertz CT molecular complexity index is 957. The average molecular weight is 387 g/mol. The Morgan fingerprint density at radius 3 is 2.58 bits per heavy atom. The zero-order valence-electron chi connectivity index (χ0n) is 12.8. The van der Waals surface area contributed by atoms with Crippen molar-refractivity contribution in [3.05, 3.63) is 47.2 Å². The molecule has 0 atom stereocenters. The van der Waals surface area contributed by atoms with Crippen molar-refractivity contribution in [2.75, 3.05) is 0 Å². The van der Waals surface area contributed by atoms with Crippen molar-refractivity contribution in [2.45, 2.75) is 12.9 Å². The van der Waals surface area contributed by atoms with Gasteiger partial charge in [0.05, 0.1) is 28.3 Å². The van der Waals surface area contributed by atoms with Crippen LogP contribution in [0.1, 0.15) is 5.69 Å². The lowest BCUT2D eigenvalue weighted by Crippen LogP contribution is -2.20. The van der Waals surface area contributed by atoms with E-state index in [0.717, 1.165) is 12.1 Å². The number of rotatable bonds is 4. The second kappa shape index (κ2) is 6.71. The highest BCUT2D eigenvalue weighted by molar-refractivity contribution is 6.35. The Hall–Kier alpha value is -3.01. The first kappa shape index (κ1) is 17.8. The fraction of sp³-hybridized carbons (Fsp3) is 0.133. The molecule has 2 aromatic heterocycles. The minimum absolute atomic E-state index is 0.112. The SMILES string of the molecule is O=C(O)NCc1nn(-c2ccc(OC(F)(F)F)cc2)c2nccc(Cl)c12. The molecule has 2 N–H and O–H groups in total. The van der Waals surface area contributed by atoms with Gasteiger partial charge in [0.15, 0.2) is 5.65 Å². The fourth-order valence-corrected chi connectivity index (χ4v) is 2.58. The van der Waals surface area contributed by atoms with Crippen molar-refractivity contribution in [3.8, 4) is 11.4 Å². The van der Waals surface area contributed by atoms with E-state index in [1.807, 2.05) is 0 Å². The summed E-state index contributed by atoms with van der Waals surface area (Å²) in [5, 5.41) is 16.0. The van der Waals surface area contributed by atoms with Gasteiger partial charge in [-0.1, -0.05) is 11.6 Å². The van der Waals surface area contributed by atoms with Crippen LogP contribution in [0.5, 0.6) is 5.75 Å². The van der Waals surface area contributed by atoms with Gasteiger partial charge in [0, 0.05) is 6.20 Å². The zero-order chi connectivity index (χ0) is 18.9. The molecule has 0 aliphatic carbocycles. The Labute approximate surface area is 149 Å². The molecule has 0 bridgehead atoms. The lowest BCUT2D eigenvalue weighted by molar-refractivity contribution is -0.274. The maximum Gasteiger partial charge on any atom is 0.573 e. The van der Waals surface area contributed by atoms with Gasteiger partial charge in [0.25, 0.3) is 0 Å². The second-order valence-electron chi connectivity index (χ2n) is 5.05. The number of amides is 1. The molecule has 26 heavy (non-hydrogen) atoms. The Morgan fingerprint density at radius 1 is 1.27 bits per heavy atom. The predicted molar refractivity (Wildman–Crippen MR) is 85.4 cm³/mol. The summed E-state index contributed by atoms with van der Waals surface area (Å²) < 4.78 is 41.9. The summed E-state index contributed by atoms with van der Waals surface area (Å²) in [6, 6.07) is 6.53. The number of carbonyl (C=O) groups is 1. The number of carboxylic acid groups (broad SMARTS) is 1. The highest BCUT2D eigenvalue weighted by atomic mass is 35.5. The summed E-state index contributed by atoms with van der Waals surface area (Å²) in [5.74, 6) is -0.378. The molecular formula is C15H10ClF3N4O3. The van der Waals surface area contributed by atoms with Gasteiger partial charge >= 0.3 is 12.5 Å². The van der Waals surface area contributed by atoms with Crippen molar-refractivity contribution in [3.63, 3.8) is 0 Å². The maximum absolute atomic E-state index is 12.3. The van der Waals surface area contributed by atoms with Crippen LogP contribution in [0.25, 0.3) is 16.7 Å². The van der Waals surface area contributed by atoms with Crippen molar-refractivity contribution >= 4 is 28.7 Å². The molecule has 1 aromatic carbocycles. The number of fused-ring (bicyclic) bond motifs is 1. The Morgan fingerprint density at radius 2 is 1.96 bits per heavy atom. The van der Waals surface area contributed by atoms with E-state index in [0.29, 0.717) is 27.4 Å². The van der Waals surface area contributed by atoms with Crippen molar-refractivity contribution < 1.29 is 27.8 Å². The van der Waals surface area contributed by atoms with Crippen LogP contribution in [-0.2, 0) is 6.54 Å². The number of benzene rings is 1. The summed E-state index contributed by atoms with van der Waals surface area (Å²) in [4.78, 5) is 14.9. The van der Waals surface area contributed by atoms with E-state index in [1.165, 1.54) is 29.1 Å². The van der Waals surface area contributed by atoms with Gasteiger partial charge in [-0.05, 0) is 30.3 Å². The lowest BCUT2D eigenvalue weighted by Gasteiger charge is -2.09. The molecule has 0 saturated carbocycles. The molecule has 2 heterocycles. The number of aromatic nitrogens is 3. The highest BCUT2D eigenvalue weighted by Gasteiger charge is 2.31. The number of pyridine rings is 1. The minimum atomic E-state index is -4.79.